The van der Waals surface area contributed by atoms with E-state index in [-0.39, 0.29) is 5.91 Å². The van der Waals surface area contributed by atoms with Crippen molar-refractivity contribution in [2.45, 2.75) is 27.3 Å². The summed E-state index contributed by atoms with van der Waals surface area (Å²) in [6.07, 6.45) is 0. The van der Waals surface area contributed by atoms with Crippen LogP contribution in [0.2, 0.25) is 0 Å². The molecular weight excluding hydrogens is 310 g/mol. The SMILES string of the molecule is CCN(Cc1ccccc1)C(=O)c1ccc(-n2nc(C)cc2C)cc1. The third-order valence-corrected chi connectivity index (χ3v) is 4.25. The van der Waals surface area contributed by atoms with Gasteiger partial charge in [-0.1, -0.05) is 30.3 Å². The average molecular weight is 333 g/mol. The minimum atomic E-state index is 0.0475. The van der Waals surface area contributed by atoms with E-state index in [1.807, 2.05) is 91.0 Å². The van der Waals surface area contributed by atoms with Gasteiger partial charge in [-0.15, -0.1) is 0 Å². The summed E-state index contributed by atoms with van der Waals surface area (Å²) in [4.78, 5) is 14.7. The molecule has 2 aromatic carbocycles. The lowest BCUT2D eigenvalue weighted by Gasteiger charge is -2.21. The van der Waals surface area contributed by atoms with Crippen molar-refractivity contribution in [3.05, 3.63) is 83.2 Å². The molecule has 4 nitrogen and oxygen atoms in total. The number of benzene rings is 2. The molecule has 3 rings (SSSR count). The second-order valence-corrected chi connectivity index (χ2v) is 6.19. The fraction of sp³-hybridized carbons (Fsp3) is 0.238. The Bertz CT molecular complexity index is 851. The van der Waals surface area contributed by atoms with Gasteiger partial charge in [-0.3, -0.25) is 4.79 Å². The number of hydrogen-bond acceptors (Lipinski definition) is 2. The van der Waals surface area contributed by atoms with E-state index in [0.717, 1.165) is 22.6 Å². The van der Waals surface area contributed by atoms with E-state index in [4.69, 9.17) is 0 Å². The first kappa shape index (κ1) is 17.0. The molecule has 1 amide bonds. The van der Waals surface area contributed by atoms with E-state index < -0.39 is 0 Å². The molecule has 128 valence electrons. The van der Waals surface area contributed by atoms with Crippen LogP contribution in [0.15, 0.2) is 60.7 Å². The summed E-state index contributed by atoms with van der Waals surface area (Å²) in [5, 5.41) is 4.48. The first-order valence-corrected chi connectivity index (χ1v) is 8.55. The van der Waals surface area contributed by atoms with Crippen molar-refractivity contribution in [2.24, 2.45) is 0 Å². The van der Waals surface area contributed by atoms with Gasteiger partial charge in [0.15, 0.2) is 0 Å². The van der Waals surface area contributed by atoms with E-state index in [0.29, 0.717) is 18.7 Å². The van der Waals surface area contributed by atoms with Crippen LogP contribution in [0.25, 0.3) is 5.69 Å². The molecule has 0 spiro atoms. The Morgan fingerprint density at radius 1 is 1.04 bits per heavy atom. The van der Waals surface area contributed by atoms with Crippen molar-refractivity contribution in [3.8, 4) is 5.69 Å². The number of aryl methyl sites for hydroxylation is 2. The summed E-state index contributed by atoms with van der Waals surface area (Å²) in [6.45, 7) is 7.30. The standard InChI is InChI=1S/C21H23N3O/c1-4-23(15-18-8-6-5-7-9-18)21(25)19-10-12-20(13-11-19)24-17(3)14-16(2)22-24/h5-14H,4,15H2,1-3H3. The lowest BCUT2D eigenvalue weighted by Crippen LogP contribution is -2.30. The molecule has 0 radical (unpaired) electrons. The topological polar surface area (TPSA) is 38.1 Å². The van der Waals surface area contributed by atoms with Crippen LogP contribution in [-0.2, 0) is 6.54 Å². The normalized spacial score (nSPS) is 10.7. The Morgan fingerprint density at radius 3 is 2.28 bits per heavy atom. The Kier molecular flexibility index (Phi) is 4.98. The summed E-state index contributed by atoms with van der Waals surface area (Å²) in [5.41, 5.74) is 4.86. The Balaban J connectivity index is 1.78. The number of aromatic nitrogens is 2. The molecule has 0 atom stereocenters. The highest BCUT2D eigenvalue weighted by atomic mass is 16.2. The lowest BCUT2D eigenvalue weighted by atomic mass is 10.1. The van der Waals surface area contributed by atoms with Gasteiger partial charge in [-0.25, -0.2) is 4.68 Å². The molecule has 0 bridgehead atoms. The highest BCUT2D eigenvalue weighted by Crippen LogP contribution is 2.15. The van der Waals surface area contributed by atoms with Crippen LogP contribution in [-0.4, -0.2) is 27.1 Å². The van der Waals surface area contributed by atoms with Crippen LogP contribution >= 0.6 is 0 Å². The molecule has 3 aromatic rings. The maximum Gasteiger partial charge on any atom is 0.254 e. The number of carbonyl (C=O) groups excluding carboxylic acids is 1. The predicted molar refractivity (Wildman–Crippen MR) is 99.9 cm³/mol. The summed E-state index contributed by atoms with van der Waals surface area (Å²) in [5.74, 6) is 0.0475. The minimum absolute atomic E-state index is 0.0475. The predicted octanol–water partition coefficient (Wildman–Crippen LogP) is 4.15. The van der Waals surface area contributed by atoms with Crippen LogP contribution in [0.3, 0.4) is 0 Å². The number of hydrogen-bond donors (Lipinski definition) is 0. The van der Waals surface area contributed by atoms with Crippen LogP contribution in [0.5, 0.6) is 0 Å². The van der Waals surface area contributed by atoms with Crippen molar-refractivity contribution in [1.29, 1.82) is 0 Å². The van der Waals surface area contributed by atoms with Crippen LogP contribution in [0.1, 0.15) is 34.2 Å². The van der Waals surface area contributed by atoms with E-state index in [1.54, 1.807) is 0 Å². The van der Waals surface area contributed by atoms with Crippen molar-refractivity contribution in [1.82, 2.24) is 14.7 Å². The summed E-state index contributed by atoms with van der Waals surface area (Å²) in [6, 6.07) is 19.8. The quantitative estimate of drug-likeness (QED) is 0.703. The Labute approximate surface area is 148 Å². The molecule has 0 saturated heterocycles. The maximum atomic E-state index is 12.8. The smallest absolute Gasteiger partial charge is 0.254 e. The van der Waals surface area contributed by atoms with Gasteiger partial charge in [0.05, 0.1) is 11.4 Å². The third kappa shape index (κ3) is 3.79. The average Bonchev–Trinajstić information content (AvgIpc) is 2.98. The van der Waals surface area contributed by atoms with Crippen molar-refractivity contribution < 1.29 is 4.79 Å². The Morgan fingerprint density at radius 2 is 1.72 bits per heavy atom. The molecule has 1 heterocycles. The number of nitrogens with zero attached hydrogens (tertiary/aromatic N) is 3. The molecule has 4 heteroatoms. The minimum Gasteiger partial charge on any atom is -0.335 e. The van der Waals surface area contributed by atoms with E-state index >= 15 is 0 Å². The fourth-order valence-electron chi connectivity index (χ4n) is 2.95. The van der Waals surface area contributed by atoms with Crippen molar-refractivity contribution >= 4 is 5.91 Å². The highest BCUT2D eigenvalue weighted by molar-refractivity contribution is 5.94. The van der Waals surface area contributed by atoms with Gasteiger partial charge in [0.25, 0.3) is 5.91 Å². The number of amides is 1. The summed E-state index contributed by atoms with van der Waals surface area (Å²) in [7, 11) is 0. The molecule has 1 aromatic heterocycles. The van der Waals surface area contributed by atoms with Gasteiger partial charge in [0.1, 0.15) is 0 Å². The molecule has 0 aliphatic heterocycles. The van der Waals surface area contributed by atoms with Gasteiger partial charge >= 0.3 is 0 Å². The number of carbonyl (C=O) groups is 1. The lowest BCUT2D eigenvalue weighted by molar-refractivity contribution is 0.0752. The molecule has 0 fully saturated rings. The monoisotopic (exact) mass is 333 g/mol. The zero-order chi connectivity index (χ0) is 17.8. The van der Waals surface area contributed by atoms with Gasteiger partial charge in [-0.05, 0) is 56.7 Å². The molecular formula is C21H23N3O. The van der Waals surface area contributed by atoms with Gasteiger partial charge < -0.3 is 4.90 Å². The van der Waals surface area contributed by atoms with Crippen LogP contribution in [0.4, 0.5) is 0 Å². The second-order valence-electron chi connectivity index (χ2n) is 6.19. The summed E-state index contributed by atoms with van der Waals surface area (Å²) >= 11 is 0. The zero-order valence-corrected chi connectivity index (χ0v) is 14.9. The van der Waals surface area contributed by atoms with Crippen LogP contribution in [0, 0.1) is 13.8 Å². The van der Waals surface area contributed by atoms with Crippen LogP contribution < -0.4 is 0 Å². The van der Waals surface area contributed by atoms with Gasteiger partial charge in [0.2, 0.25) is 0 Å². The number of rotatable bonds is 5. The second kappa shape index (κ2) is 7.34. The van der Waals surface area contributed by atoms with Crippen molar-refractivity contribution in [3.63, 3.8) is 0 Å². The highest BCUT2D eigenvalue weighted by Gasteiger charge is 2.15. The van der Waals surface area contributed by atoms with Gasteiger partial charge in [-0.2, -0.15) is 5.10 Å². The Hall–Kier alpha value is -2.88. The van der Waals surface area contributed by atoms with Gasteiger partial charge in [0, 0.05) is 24.3 Å². The maximum absolute atomic E-state index is 12.8. The van der Waals surface area contributed by atoms with E-state index in [2.05, 4.69) is 5.10 Å². The molecule has 0 N–H and O–H groups in total. The first-order chi connectivity index (χ1) is 12.1. The van der Waals surface area contributed by atoms with Crippen molar-refractivity contribution in [2.75, 3.05) is 6.54 Å². The van der Waals surface area contributed by atoms with E-state index in [9.17, 15) is 4.79 Å². The first-order valence-electron chi connectivity index (χ1n) is 8.55. The fourth-order valence-corrected chi connectivity index (χ4v) is 2.95. The van der Waals surface area contributed by atoms with E-state index in [1.165, 1.54) is 0 Å². The molecule has 0 aliphatic carbocycles. The molecule has 0 unspecified atom stereocenters. The third-order valence-electron chi connectivity index (χ3n) is 4.25. The largest absolute Gasteiger partial charge is 0.335 e. The molecule has 25 heavy (non-hydrogen) atoms. The molecule has 0 saturated carbocycles. The summed E-state index contributed by atoms with van der Waals surface area (Å²) < 4.78 is 1.89. The molecule has 0 aliphatic rings. The zero-order valence-electron chi connectivity index (χ0n) is 14.9.